The second kappa shape index (κ2) is 9.20. The molecule has 0 fully saturated rings. The zero-order valence-electron chi connectivity index (χ0n) is 16.0. The van der Waals surface area contributed by atoms with Crippen molar-refractivity contribution >= 4 is 39.2 Å². The quantitative estimate of drug-likeness (QED) is 0.677. The van der Waals surface area contributed by atoms with Gasteiger partial charge in [-0.05, 0) is 30.3 Å². The van der Waals surface area contributed by atoms with Crippen molar-refractivity contribution in [2.75, 3.05) is 36.6 Å². The standard InChI is InChI=1S/C19H20N2O7S/c1-27-18(23)13-9-14(19(24)28-2)11-15(10-13)20-17(22)12-21(29(3,25)26)16-7-5-4-6-8-16/h4-11H,12H2,1-3H3,(H,20,22). The Morgan fingerprint density at radius 1 is 0.931 bits per heavy atom. The van der Waals surface area contributed by atoms with Crippen LogP contribution in [0.1, 0.15) is 20.7 Å². The predicted molar refractivity (Wildman–Crippen MR) is 106 cm³/mol. The van der Waals surface area contributed by atoms with Crippen molar-refractivity contribution in [1.29, 1.82) is 0 Å². The summed E-state index contributed by atoms with van der Waals surface area (Å²) in [6.07, 6.45) is 0.987. The molecule has 0 atom stereocenters. The van der Waals surface area contributed by atoms with Gasteiger partial charge in [-0.1, -0.05) is 18.2 Å². The van der Waals surface area contributed by atoms with Gasteiger partial charge in [-0.2, -0.15) is 0 Å². The molecule has 0 bridgehead atoms. The van der Waals surface area contributed by atoms with Crippen LogP contribution in [0.5, 0.6) is 0 Å². The van der Waals surface area contributed by atoms with Crippen LogP contribution in [0.4, 0.5) is 11.4 Å². The molecule has 0 aliphatic rings. The molecule has 1 amide bonds. The van der Waals surface area contributed by atoms with Gasteiger partial charge in [0, 0.05) is 5.69 Å². The summed E-state index contributed by atoms with van der Waals surface area (Å²) in [7, 11) is -1.38. The number of hydrogen-bond acceptors (Lipinski definition) is 7. The molecule has 2 aromatic carbocycles. The summed E-state index contributed by atoms with van der Waals surface area (Å²) in [5.41, 5.74) is 0.478. The molecule has 9 nitrogen and oxygen atoms in total. The number of ether oxygens (including phenoxy) is 2. The fourth-order valence-electron chi connectivity index (χ4n) is 2.50. The summed E-state index contributed by atoms with van der Waals surface area (Å²) in [5, 5.41) is 2.49. The maximum absolute atomic E-state index is 12.5. The van der Waals surface area contributed by atoms with E-state index in [0.29, 0.717) is 5.69 Å². The van der Waals surface area contributed by atoms with Gasteiger partial charge in [0.2, 0.25) is 15.9 Å². The minimum Gasteiger partial charge on any atom is -0.465 e. The number of anilines is 2. The Kier molecular flexibility index (Phi) is 6.94. The Labute approximate surface area is 168 Å². The molecule has 0 aliphatic carbocycles. The maximum atomic E-state index is 12.5. The number of esters is 2. The molecule has 0 spiro atoms. The number of hydrogen-bond donors (Lipinski definition) is 1. The number of rotatable bonds is 7. The van der Waals surface area contributed by atoms with E-state index in [1.165, 1.54) is 32.4 Å². The fourth-order valence-corrected chi connectivity index (χ4v) is 3.35. The van der Waals surface area contributed by atoms with Crippen LogP contribution in [0.25, 0.3) is 0 Å². The molecule has 0 heterocycles. The van der Waals surface area contributed by atoms with Crippen LogP contribution in [-0.4, -0.2) is 53.3 Å². The molecular formula is C19H20N2O7S. The van der Waals surface area contributed by atoms with E-state index in [0.717, 1.165) is 10.6 Å². The zero-order valence-corrected chi connectivity index (χ0v) is 16.9. The van der Waals surface area contributed by atoms with E-state index in [2.05, 4.69) is 14.8 Å². The number of nitrogens with zero attached hydrogens (tertiary/aromatic N) is 1. The first-order valence-electron chi connectivity index (χ1n) is 8.30. The summed E-state index contributed by atoms with van der Waals surface area (Å²) >= 11 is 0. The highest BCUT2D eigenvalue weighted by Gasteiger charge is 2.21. The number of carbonyl (C=O) groups is 3. The third kappa shape index (κ3) is 5.79. The van der Waals surface area contributed by atoms with E-state index in [4.69, 9.17) is 0 Å². The smallest absolute Gasteiger partial charge is 0.337 e. The van der Waals surface area contributed by atoms with E-state index >= 15 is 0 Å². The van der Waals surface area contributed by atoms with Crippen molar-refractivity contribution in [3.8, 4) is 0 Å². The number of nitrogens with one attached hydrogen (secondary N) is 1. The number of carbonyl (C=O) groups excluding carboxylic acids is 3. The Hall–Kier alpha value is -3.40. The van der Waals surface area contributed by atoms with Gasteiger partial charge in [0.25, 0.3) is 0 Å². The molecule has 0 radical (unpaired) electrons. The first-order chi connectivity index (χ1) is 13.7. The largest absolute Gasteiger partial charge is 0.465 e. The molecule has 0 aromatic heterocycles. The average molecular weight is 420 g/mol. The Bertz CT molecular complexity index is 986. The van der Waals surface area contributed by atoms with Crippen molar-refractivity contribution in [3.05, 3.63) is 59.7 Å². The minimum atomic E-state index is -3.73. The summed E-state index contributed by atoms with van der Waals surface area (Å²) in [6, 6.07) is 12.0. The summed E-state index contributed by atoms with van der Waals surface area (Å²) in [6.45, 7) is -0.501. The van der Waals surface area contributed by atoms with E-state index in [1.807, 2.05) is 0 Å². The molecule has 29 heavy (non-hydrogen) atoms. The Morgan fingerprint density at radius 2 is 1.45 bits per heavy atom. The highest BCUT2D eigenvalue weighted by Crippen LogP contribution is 2.19. The maximum Gasteiger partial charge on any atom is 0.337 e. The lowest BCUT2D eigenvalue weighted by atomic mass is 10.1. The van der Waals surface area contributed by atoms with Crippen LogP contribution in [0.15, 0.2) is 48.5 Å². The molecule has 154 valence electrons. The predicted octanol–water partition coefficient (Wildman–Crippen LogP) is 1.66. The molecule has 2 aromatic rings. The SMILES string of the molecule is COC(=O)c1cc(NC(=O)CN(c2ccccc2)S(C)(=O)=O)cc(C(=O)OC)c1. The number of amides is 1. The average Bonchev–Trinajstić information content (AvgIpc) is 2.70. The van der Waals surface area contributed by atoms with Crippen LogP contribution in [0.2, 0.25) is 0 Å². The first kappa shape index (κ1) is 21.9. The second-order valence-electron chi connectivity index (χ2n) is 5.94. The van der Waals surface area contributed by atoms with Crippen LogP contribution in [0, 0.1) is 0 Å². The summed E-state index contributed by atoms with van der Waals surface area (Å²) in [4.78, 5) is 36.2. The van der Waals surface area contributed by atoms with Crippen molar-refractivity contribution in [2.24, 2.45) is 0 Å². The monoisotopic (exact) mass is 420 g/mol. The van der Waals surface area contributed by atoms with E-state index in [1.54, 1.807) is 30.3 Å². The lowest BCUT2D eigenvalue weighted by molar-refractivity contribution is -0.114. The molecule has 0 saturated heterocycles. The van der Waals surface area contributed by atoms with Gasteiger partial charge in [0.15, 0.2) is 0 Å². The van der Waals surface area contributed by atoms with E-state index in [9.17, 15) is 22.8 Å². The van der Waals surface area contributed by atoms with Gasteiger partial charge in [0.1, 0.15) is 6.54 Å². The molecule has 0 aliphatic heterocycles. The van der Waals surface area contributed by atoms with E-state index in [-0.39, 0.29) is 16.8 Å². The molecule has 1 N–H and O–H groups in total. The van der Waals surface area contributed by atoms with Crippen molar-refractivity contribution in [3.63, 3.8) is 0 Å². The number of benzene rings is 2. The molecule has 0 saturated carbocycles. The minimum absolute atomic E-state index is 0.0220. The summed E-state index contributed by atoms with van der Waals surface area (Å²) < 4.78 is 34.4. The third-order valence-electron chi connectivity index (χ3n) is 3.79. The lowest BCUT2D eigenvalue weighted by Crippen LogP contribution is -2.37. The fraction of sp³-hybridized carbons (Fsp3) is 0.211. The second-order valence-corrected chi connectivity index (χ2v) is 7.84. The van der Waals surface area contributed by atoms with Crippen molar-refractivity contribution < 1.29 is 32.3 Å². The van der Waals surface area contributed by atoms with Crippen LogP contribution < -0.4 is 9.62 Å². The number of sulfonamides is 1. The van der Waals surface area contributed by atoms with Crippen LogP contribution in [0.3, 0.4) is 0 Å². The highest BCUT2D eigenvalue weighted by molar-refractivity contribution is 7.92. The third-order valence-corrected chi connectivity index (χ3v) is 4.93. The molecule has 2 rings (SSSR count). The molecule has 0 unspecified atom stereocenters. The Morgan fingerprint density at radius 3 is 1.90 bits per heavy atom. The summed E-state index contributed by atoms with van der Waals surface area (Å²) in [5.74, 6) is -2.10. The topological polar surface area (TPSA) is 119 Å². The lowest BCUT2D eigenvalue weighted by Gasteiger charge is -2.22. The van der Waals surface area contributed by atoms with Crippen LogP contribution >= 0.6 is 0 Å². The number of methoxy groups -OCH3 is 2. The van der Waals surface area contributed by atoms with Gasteiger partial charge in [0.05, 0.1) is 37.3 Å². The number of para-hydroxylation sites is 1. The van der Waals surface area contributed by atoms with Crippen molar-refractivity contribution in [2.45, 2.75) is 0 Å². The van der Waals surface area contributed by atoms with Gasteiger partial charge < -0.3 is 14.8 Å². The van der Waals surface area contributed by atoms with Gasteiger partial charge in [-0.25, -0.2) is 18.0 Å². The van der Waals surface area contributed by atoms with Crippen LogP contribution in [-0.2, 0) is 24.3 Å². The van der Waals surface area contributed by atoms with Gasteiger partial charge >= 0.3 is 11.9 Å². The normalized spacial score (nSPS) is 10.7. The van der Waals surface area contributed by atoms with Crippen molar-refractivity contribution in [1.82, 2.24) is 0 Å². The first-order valence-corrected chi connectivity index (χ1v) is 10.1. The molecule has 10 heteroatoms. The highest BCUT2D eigenvalue weighted by atomic mass is 32.2. The van der Waals surface area contributed by atoms with E-state index < -0.39 is 34.4 Å². The van der Waals surface area contributed by atoms with Gasteiger partial charge in [-0.15, -0.1) is 0 Å². The zero-order chi connectivity index (χ0) is 21.6. The molecular weight excluding hydrogens is 400 g/mol. The Balaban J connectivity index is 2.31. The van der Waals surface area contributed by atoms with Gasteiger partial charge in [-0.3, -0.25) is 9.10 Å².